The van der Waals surface area contributed by atoms with Gasteiger partial charge in [0.15, 0.2) is 0 Å². The molecule has 0 aromatic heterocycles. The van der Waals surface area contributed by atoms with Gasteiger partial charge in [0.1, 0.15) is 0 Å². The molecule has 0 aliphatic carbocycles. The van der Waals surface area contributed by atoms with E-state index >= 15 is 0 Å². The van der Waals surface area contributed by atoms with Gasteiger partial charge < -0.3 is 5.32 Å². The average Bonchev–Trinajstić information content (AvgIpc) is 2.48. The summed E-state index contributed by atoms with van der Waals surface area (Å²) in [4.78, 5) is 13.1. The van der Waals surface area contributed by atoms with Crippen molar-refractivity contribution in [3.63, 3.8) is 0 Å². The molecule has 0 bridgehead atoms. The molecule has 2 rings (SSSR count). The lowest BCUT2D eigenvalue weighted by Gasteiger charge is -2.07. The Morgan fingerprint density at radius 3 is 2.57 bits per heavy atom. The van der Waals surface area contributed by atoms with E-state index in [1.807, 2.05) is 18.2 Å². The molecule has 0 radical (unpaired) electrons. The van der Waals surface area contributed by atoms with Crippen molar-refractivity contribution in [2.45, 2.75) is 17.7 Å². The molecule has 2 aromatic carbocycles. The smallest absolute Gasteiger partial charge is 0.224 e. The molecule has 0 aliphatic heterocycles. The molecule has 0 spiro atoms. The zero-order valence-electron chi connectivity index (χ0n) is 11.3. The van der Waals surface area contributed by atoms with Crippen molar-refractivity contribution in [2.75, 3.05) is 11.1 Å². The van der Waals surface area contributed by atoms with Crippen LogP contribution in [0.3, 0.4) is 0 Å². The van der Waals surface area contributed by atoms with Gasteiger partial charge in [-0.2, -0.15) is 0 Å². The summed E-state index contributed by atoms with van der Waals surface area (Å²) >= 11 is 13.6. The van der Waals surface area contributed by atoms with Crippen molar-refractivity contribution >= 4 is 46.6 Å². The largest absolute Gasteiger partial charge is 0.325 e. The Balaban J connectivity index is 1.72. The molecule has 2 aromatic rings. The highest BCUT2D eigenvalue weighted by molar-refractivity contribution is 7.99. The molecule has 1 N–H and O–H groups in total. The van der Waals surface area contributed by atoms with Gasteiger partial charge in [0, 0.05) is 16.3 Å². The standard InChI is InChI=1S/C16H15Cl2NOS/c17-12-8-9-15(14(18)11-12)19-16(20)7-4-10-21-13-5-2-1-3-6-13/h1-3,5-6,8-9,11H,4,7,10H2,(H,19,20). The number of nitrogens with one attached hydrogen (secondary N) is 1. The second kappa shape index (κ2) is 8.32. The maximum atomic E-state index is 11.8. The number of hydrogen-bond donors (Lipinski definition) is 1. The molecule has 5 heteroatoms. The minimum absolute atomic E-state index is 0.0344. The maximum Gasteiger partial charge on any atom is 0.224 e. The van der Waals surface area contributed by atoms with E-state index < -0.39 is 0 Å². The van der Waals surface area contributed by atoms with Gasteiger partial charge in [0.2, 0.25) is 5.91 Å². The van der Waals surface area contributed by atoms with Crippen molar-refractivity contribution in [1.82, 2.24) is 0 Å². The Hall–Kier alpha value is -1.16. The molecule has 0 saturated carbocycles. The SMILES string of the molecule is O=C(CCCSc1ccccc1)Nc1ccc(Cl)cc1Cl. The van der Waals surface area contributed by atoms with E-state index in [0.29, 0.717) is 22.2 Å². The predicted octanol–water partition coefficient (Wildman–Crippen LogP) is 5.50. The molecule has 1 amide bonds. The number of benzene rings is 2. The first-order chi connectivity index (χ1) is 10.1. The third-order valence-corrected chi connectivity index (χ3v) is 4.41. The van der Waals surface area contributed by atoms with E-state index in [9.17, 15) is 4.79 Å². The highest BCUT2D eigenvalue weighted by atomic mass is 35.5. The number of anilines is 1. The lowest BCUT2D eigenvalue weighted by molar-refractivity contribution is -0.116. The molecule has 21 heavy (non-hydrogen) atoms. The Morgan fingerprint density at radius 1 is 1.10 bits per heavy atom. The molecular formula is C16H15Cl2NOS. The van der Waals surface area contributed by atoms with Crippen molar-refractivity contribution in [2.24, 2.45) is 0 Å². The van der Waals surface area contributed by atoms with Crippen LogP contribution in [-0.4, -0.2) is 11.7 Å². The summed E-state index contributed by atoms with van der Waals surface area (Å²) < 4.78 is 0. The molecule has 0 saturated heterocycles. The van der Waals surface area contributed by atoms with E-state index in [2.05, 4.69) is 17.4 Å². The summed E-state index contributed by atoms with van der Waals surface area (Å²) in [5.74, 6) is 0.874. The van der Waals surface area contributed by atoms with Gasteiger partial charge in [-0.1, -0.05) is 41.4 Å². The van der Waals surface area contributed by atoms with Gasteiger partial charge >= 0.3 is 0 Å². The zero-order valence-corrected chi connectivity index (χ0v) is 13.6. The van der Waals surface area contributed by atoms with Crippen LogP contribution < -0.4 is 5.32 Å². The van der Waals surface area contributed by atoms with Crippen LogP contribution in [0.1, 0.15) is 12.8 Å². The van der Waals surface area contributed by atoms with Gasteiger partial charge in [-0.05, 0) is 42.5 Å². The van der Waals surface area contributed by atoms with E-state index in [1.165, 1.54) is 4.90 Å². The second-order valence-electron chi connectivity index (χ2n) is 4.44. The first-order valence-corrected chi connectivity index (χ1v) is 8.32. The lowest BCUT2D eigenvalue weighted by Crippen LogP contribution is -2.11. The summed E-state index contributed by atoms with van der Waals surface area (Å²) in [6.07, 6.45) is 1.29. The van der Waals surface area contributed by atoms with Gasteiger partial charge in [-0.25, -0.2) is 0 Å². The monoisotopic (exact) mass is 339 g/mol. The van der Waals surface area contributed by atoms with Crippen LogP contribution in [0.25, 0.3) is 0 Å². The number of amides is 1. The van der Waals surface area contributed by atoms with E-state index in [-0.39, 0.29) is 5.91 Å². The first-order valence-electron chi connectivity index (χ1n) is 6.58. The molecular weight excluding hydrogens is 325 g/mol. The minimum atomic E-state index is -0.0344. The Bertz CT molecular complexity index is 604. The molecule has 0 unspecified atom stereocenters. The Kier molecular flexibility index (Phi) is 6.43. The van der Waals surface area contributed by atoms with E-state index in [4.69, 9.17) is 23.2 Å². The van der Waals surface area contributed by atoms with Gasteiger partial charge in [0.05, 0.1) is 10.7 Å². The predicted molar refractivity (Wildman–Crippen MR) is 91.5 cm³/mol. The lowest BCUT2D eigenvalue weighted by atomic mass is 10.3. The maximum absolute atomic E-state index is 11.8. The summed E-state index contributed by atoms with van der Waals surface area (Å²) in [6, 6.07) is 15.2. The summed E-state index contributed by atoms with van der Waals surface area (Å²) in [5.41, 5.74) is 0.599. The normalized spacial score (nSPS) is 10.4. The third-order valence-electron chi connectivity index (χ3n) is 2.77. The van der Waals surface area contributed by atoms with Crippen molar-refractivity contribution in [3.05, 3.63) is 58.6 Å². The number of carbonyl (C=O) groups is 1. The van der Waals surface area contributed by atoms with E-state index in [1.54, 1.807) is 30.0 Å². The Morgan fingerprint density at radius 2 is 1.86 bits per heavy atom. The van der Waals surface area contributed by atoms with Crippen LogP contribution in [0.15, 0.2) is 53.4 Å². The second-order valence-corrected chi connectivity index (χ2v) is 6.45. The van der Waals surface area contributed by atoms with Gasteiger partial charge in [-0.15, -0.1) is 11.8 Å². The van der Waals surface area contributed by atoms with Crippen molar-refractivity contribution in [1.29, 1.82) is 0 Å². The van der Waals surface area contributed by atoms with Gasteiger partial charge in [-0.3, -0.25) is 4.79 Å². The first kappa shape index (κ1) is 16.2. The van der Waals surface area contributed by atoms with Crippen LogP contribution in [0.2, 0.25) is 10.0 Å². The third kappa shape index (κ3) is 5.62. The van der Waals surface area contributed by atoms with Crippen LogP contribution >= 0.6 is 35.0 Å². The van der Waals surface area contributed by atoms with Crippen molar-refractivity contribution in [3.8, 4) is 0 Å². The van der Waals surface area contributed by atoms with Crippen LogP contribution in [0.5, 0.6) is 0 Å². The Labute approximate surface area is 138 Å². The topological polar surface area (TPSA) is 29.1 Å². The average molecular weight is 340 g/mol. The summed E-state index contributed by atoms with van der Waals surface area (Å²) in [5, 5.41) is 3.80. The van der Waals surface area contributed by atoms with Crippen LogP contribution in [0, 0.1) is 0 Å². The fourth-order valence-corrected chi connectivity index (χ4v) is 3.07. The number of hydrogen-bond acceptors (Lipinski definition) is 2. The fraction of sp³-hybridized carbons (Fsp3) is 0.188. The molecule has 0 fully saturated rings. The quantitative estimate of drug-likeness (QED) is 0.555. The number of rotatable bonds is 6. The van der Waals surface area contributed by atoms with Crippen LogP contribution in [0.4, 0.5) is 5.69 Å². The molecule has 110 valence electrons. The number of thioether (sulfide) groups is 1. The number of halogens is 2. The molecule has 0 aliphatic rings. The molecule has 0 atom stereocenters. The van der Waals surface area contributed by atoms with Crippen molar-refractivity contribution < 1.29 is 4.79 Å². The molecule has 2 nitrogen and oxygen atoms in total. The minimum Gasteiger partial charge on any atom is -0.325 e. The summed E-state index contributed by atoms with van der Waals surface area (Å²) in [6.45, 7) is 0. The highest BCUT2D eigenvalue weighted by Gasteiger charge is 2.06. The molecule has 0 heterocycles. The van der Waals surface area contributed by atoms with Crippen LogP contribution in [-0.2, 0) is 4.79 Å². The summed E-state index contributed by atoms with van der Waals surface area (Å²) in [7, 11) is 0. The zero-order chi connectivity index (χ0) is 15.1. The highest BCUT2D eigenvalue weighted by Crippen LogP contribution is 2.25. The van der Waals surface area contributed by atoms with Gasteiger partial charge in [0.25, 0.3) is 0 Å². The fourth-order valence-electron chi connectivity index (χ4n) is 1.74. The van der Waals surface area contributed by atoms with E-state index in [0.717, 1.165) is 12.2 Å². The number of carbonyl (C=O) groups excluding carboxylic acids is 1.